The molecule has 0 radical (unpaired) electrons. The standard InChI is InChI=1S/C13H22N4O/c1-10(2)5-17-12(14-9-15-17)6-16-7-13(18,8-16)11-3-4-11/h9-11,18H,3-8H2,1-2H3. The molecule has 0 spiro atoms. The third-order valence-corrected chi connectivity index (χ3v) is 3.93. The number of hydrogen-bond donors (Lipinski definition) is 1. The summed E-state index contributed by atoms with van der Waals surface area (Å²) in [7, 11) is 0. The Bertz CT molecular complexity index is 418. The molecule has 1 aliphatic heterocycles. The van der Waals surface area contributed by atoms with E-state index in [1.54, 1.807) is 6.33 Å². The van der Waals surface area contributed by atoms with Gasteiger partial charge in [-0.3, -0.25) is 4.90 Å². The van der Waals surface area contributed by atoms with Gasteiger partial charge in [-0.2, -0.15) is 5.10 Å². The number of nitrogens with zero attached hydrogens (tertiary/aromatic N) is 4. The average molecular weight is 250 g/mol. The van der Waals surface area contributed by atoms with Gasteiger partial charge in [-0.05, 0) is 24.7 Å². The van der Waals surface area contributed by atoms with Crippen LogP contribution in [0, 0.1) is 11.8 Å². The van der Waals surface area contributed by atoms with Crippen LogP contribution in [0.2, 0.25) is 0 Å². The summed E-state index contributed by atoms with van der Waals surface area (Å²) in [6.45, 7) is 7.68. The van der Waals surface area contributed by atoms with Crippen molar-refractivity contribution in [2.24, 2.45) is 11.8 Å². The van der Waals surface area contributed by atoms with Crippen LogP contribution >= 0.6 is 0 Å². The van der Waals surface area contributed by atoms with Gasteiger partial charge in [-0.25, -0.2) is 9.67 Å². The molecular weight excluding hydrogens is 228 g/mol. The Morgan fingerprint density at radius 1 is 1.44 bits per heavy atom. The molecular formula is C13H22N4O. The van der Waals surface area contributed by atoms with Gasteiger partial charge in [0.2, 0.25) is 0 Å². The second-order valence-electron chi connectivity index (χ2n) is 6.28. The molecule has 2 aliphatic rings. The molecule has 1 aromatic rings. The number of β-amino-alcohol motifs (C(OH)–C–C–N with tert-alkyl or cyclic N) is 1. The molecule has 1 N–H and O–H groups in total. The predicted octanol–water partition coefficient (Wildman–Crippen LogP) is 0.891. The van der Waals surface area contributed by atoms with Gasteiger partial charge in [0, 0.05) is 19.6 Å². The molecule has 1 saturated carbocycles. The number of likely N-dealkylation sites (tertiary alicyclic amines) is 1. The van der Waals surface area contributed by atoms with Gasteiger partial charge >= 0.3 is 0 Å². The van der Waals surface area contributed by atoms with Crippen LogP contribution in [0.3, 0.4) is 0 Å². The first-order valence-electron chi connectivity index (χ1n) is 6.88. The van der Waals surface area contributed by atoms with Gasteiger partial charge in [0.25, 0.3) is 0 Å². The lowest BCUT2D eigenvalue weighted by Crippen LogP contribution is -2.62. The predicted molar refractivity (Wildman–Crippen MR) is 67.8 cm³/mol. The molecule has 3 rings (SSSR count). The van der Waals surface area contributed by atoms with E-state index in [9.17, 15) is 5.11 Å². The van der Waals surface area contributed by atoms with E-state index < -0.39 is 5.60 Å². The number of rotatable bonds is 5. The fourth-order valence-electron chi connectivity index (χ4n) is 2.83. The van der Waals surface area contributed by atoms with Crippen molar-refractivity contribution in [2.75, 3.05) is 13.1 Å². The molecule has 18 heavy (non-hydrogen) atoms. The van der Waals surface area contributed by atoms with Gasteiger partial charge in [0.1, 0.15) is 12.2 Å². The summed E-state index contributed by atoms with van der Waals surface area (Å²) in [6, 6.07) is 0. The topological polar surface area (TPSA) is 54.2 Å². The molecule has 1 aromatic heterocycles. The number of aliphatic hydroxyl groups is 1. The lowest BCUT2D eigenvalue weighted by atomic mass is 9.89. The minimum atomic E-state index is -0.400. The summed E-state index contributed by atoms with van der Waals surface area (Å²) in [4.78, 5) is 6.59. The first kappa shape index (κ1) is 12.1. The zero-order valence-corrected chi connectivity index (χ0v) is 11.2. The molecule has 2 heterocycles. The highest BCUT2D eigenvalue weighted by atomic mass is 16.3. The lowest BCUT2D eigenvalue weighted by molar-refractivity contribution is -0.117. The molecule has 0 bridgehead atoms. The van der Waals surface area contributed by atoms with E-state index in [1.807, 2.05) is 4.68 Å². The van der Waals surface area contributed by atoms with Crippen molar-refractivity contribution in [1.29, 1.82) is 0 Å². The molecule has 0 aromatic carbocycles. The highest BCUT2D eigenvalue weighted by molar-refractivity contribution is 5.06. The van der Waals surface area contributed by atoms with Crippen LogP contribution in [0.15, 0.2) is 6.33 Å². The Kier molecular flexibility index (Phi) is 2.90. The van der Waals surface area contributed by atoms with E-state index in [0.29, 0.717) is 11.8 Å². The number of hydrogen-bond acceptors (Lipinski definition) is 4. The third-order valence-electron chi connectivity index (χ3n) is 3.93. The van der Waals surface area contributed by atoms with Crippen molar-refractivity contribution in [2.45, 2.75) is 45.4 Å². The van der Waals surface area contributed by atoms with E-state index in [0.717, 1.165) is 32.0 Å². The summed E-state index contributed by atoms with van der Waals surface area (Å²) < 4.78 is 1.99. The minimum Gasteiger partial charge on any atom is -0.387 e. The van der Waals surface area contributed by atoms with Crippen LogP contribution in [0.1, 0.15) is 32.5 Å². The van der Waals surface area contributed by atoms with Crippen molar-refractivity contribution in [3.8, 4) is 0 Å². The van der Waals surface area contributed by atoms with E-state index in [-0.39, 0.29) is 0 Å². The zero-order valence-electron chi connectivity index (χ0n) is 11.2. The summed E-state index contributed by atoms with van der Waals surface area (Å²) in [6.07, 6.45) is 4.03. The molecule has 100 valence electrons. The van der Waals surface area contributed by atoms with Crippen molar-refractivity contribution in [3.05, 3.63) is 12.2 Å². The van der Waals surface area contributed by atoms with Gasteiger partial charge in [-0.1, -0.05) is 13.8 Å². The fourth-order valence-corrected chi connectivity index (χ4v) is 2.83. The normalized spacial score (nSPS) is 23.3. The molecule has 1 aliphatic carbocycles. The summed E-state index contributed by atoms with van der Waals surface area (Å²) >= 11 is 0. The quantitative estimate of drug-likeness (QED) is 0.843. The second kappa shape index (κ2) is 4.31. The molecule has 0 atom stereocenters. The van der Waals surface area contributed by atoms with Crippen LogP contribution < -0.4 is 0 Å². The van der Waals surface area contributed by atoms with Crippen LogP contribution in [0.5, 0.6) is 0 Å². The first-order chi connectivity index (χ1) is 8.57. The van der Waals surface area contributed by atoms with Crippen molar-refractivity contribution < 1.29 is 5.11 Å². The molecule has 5 nitrogen and oxygen atoms in total. The smallest absolute Gasteiger partial charge is 0.141 e. The Balaban J connectivity index is 1.56. The zero-order chi connectivity index (χ0) is 12.8. The van der Waals surface area contributed by atoms with Gasteiger partial charge < -0.3 is 5.11 Å². The highest BCUT2D eigenvalue weighted by Crippen LogP contribution is 2.44. The highest BCUT2D eigenvalue weighted by Gasteiger charge is 2.51. The lowest BCUT2D eigenvalue weighted by Gasteiger charge is -2.46. The third kappa shape index (κ3) is 2.29. The van der Waals surface area contributed by atoms with Crippen molar-refractivity contribution in [3.63, 3.8) is 0 Å². The Labute approximate surface area is 108 Å². The molecule has 5 heteroatoms. The maximum absolute atomic E-state index is 10.3. The molecule has 1 saturated heterocycles. The molecule has 0 unspecified atom stereocenters. The van der Waals surface area contributed by atoms with Gasteiger partial charge in [-0.15, -0.1) is 0 Å². The van der Waals surface area contributed by atoms with E-state index in [1.165, 1.54) is 12.8 Å². The number of aromatic nitrogens is 3. The molecule has 2 fully saturated rings. The van der Waals surface area contributed by atoms with E-state index in [4.69, 9.17) is 0 Å². The van der Waals surface area contributed by atoms with Crippen molar-refractivity contribution in [1.82, 2.24) is 19.7 Å². The Morgan fingerprint density at radius 3 is 2.78 bits per heavy atom. The second-order valence-corrected chi connectivity index (χ2v) is 6.28. The van der Waals surface area contributed by atoms with Crippen LogP contribution in [-0.2, 0) is 13.1 Å². The van der Waals surface area contributed by atoms with Crippen LogP contribution in [0.4, 0.5) is 0 Å². The SMILES string of the molecule is CC(C)Cn1ncnc1CN1CC(O)(C2CC2)C1. The first-order valence-corrected chi connectivity index (χ1v) is 6.88. The summed E-state index contributed by atoms with van der Waals surface area (Å²) in [5.74, 6) is 2.15. The van der Waals surface area contributed by atoms with Crippen LogP contribution in [-0.4, -0.2) is 43.5 Å². The van der Waals surface area contributed by atoms with Gasteiger partial charge in [0.05, 0.1) is 12.1 Å². The van der Waals surface area contributed by atoms with Crippen molar-refractivity contribution >= 4 is 0 Å². The Morgan fingerprint density at radius 2 is 2.17 bits per heavy atom. The van der Waals surface area contributed by atoms with Crippen LogP contribution in [0.25, 0.3) is 0 Å². The maximum atomic E-state index is 10.3. The maximum Gasteiger partial charge on any atom is 0.141 e. The summed E-state index contributed by atoms with van der Waals surface area (Å²) in [5.41, 5.74) is -0.400. The molecule has 0 amide bonds. The van der Waals surface area contributed by atoms with E-state index in [2.05, 4.69) is 28.8 Å². The average Bonchev–Trinajstić information content (AvgIpc) is 3.01. The largest absolute Gasteiger partial charge is 0.387 e. The van der Waals surface area contributed by atoms with E-state index >= 15 is 0 Å². The summed E-state index contributed by atoms with van der Waals surface area (Å²) in [5, 5.41) is 14.5. The fraction of sp³-hybridized carbons (Fsp3) is 0.846. The Hall–Kier alpha value is -0.940. The van der Waals surface area contributed by atoms with Gasteiger partial charge in [0.15, 0.2) is 0 Å². The minimum absolute atomic E-state index is 0.400. The monoisotopic (exact) mass is 250 g/mol.